The molecule has 0 aliphatic heterocycles. The molecule has 2 aromatic rings. The molecule has 0 radical (unpaired) electrons. The second-order valence-corrected chi connectivity index (χ2v) is 9.63. The Hall–Kier alpha value is -2.62. The maximum absolute atomic E-state index is 11.0. The lowest BCUT2D eigenvalue weighted by Crippen LogP contribution is -2.48. The van der Waals surface area contributed by atoms with Crippen LogP contribution in [0.4, 0.5) is 0 Å². The Morgan fingerprint density at radius 3 is 2.27 bits per heavy atom. The van der Waals surface area contributed by atoms with Crippen LogP contribution in [-0.2, 0) is 12.0 Å². The van der Waals surface area contributed by atoms with Crippen molar-refractivity contribution >= 4 is 12.2 Å². The minimum Gasteiger partial charge on any atom is -0.496 e. The molecular weight excluding hydrogens is 374 g/mol. The smallest absolute Gasteiger partial charge is 0.335 e. The molecule has 156 valence electrons. The summed E-state index contributed by atoms with van der Waals surface area (Å²) >= 11 is 0. The quantitative estimate of drug-likeness (QED) is 0.650. The van der Waals surface area contributed by atoms with E-state index in [1.807, 2.05) is 18.3 Å². The van der Waals surface area contributed by atoms with Crippen molar-refractivity contribution in [1.29, 1.82) is 0 Å². The summed E-state index contributed by atoms with van der Waals surface area (Å²) in [7, 11) is 1.79. The molecule has 1 N–H and O–H groups in total. The van der Waals surface area contributed by atoms with Gasteiger partial charge >= 0.3 is 5.97 Å². The second kappa shape index (κ2) is 7.57. The van der Waals surface area contributed by atoms with Crippen molar-refractivity contribution in [2.75, 3.05) is 7.11 Å². The molecule has 0 spiro atoms. The van der Waals surface area contributed by atoms with Gasteiger partial charge in [-0.2, -0.15) is 0 Å². The van der Waals surface area contributed by atoms with E-state index in [2.05, 4.69) is 23.2 Å². The van der Waals surface area contributed by atoms with Crippen LogP contribution in [0, 0.1) is 17.8 Å². The summed E-state index contributed by atoms with van der Waals surface area (Å²) in [6.45, 7) is 0.540. The van der Waals surface area contributed by atoms with Crippen molar-refractivity contribution < 1.29 is 14.6 Å². The van der Waals surface area contributed by atoms with Crippen molar-refractivity contribution in [1.82, 2.24) is 0 Å². The first-order chi connectivity index (χ1) is 14.5. The zero-order valence-electron chi connectivity index (χ0n) is 17.5. The zero-order valence-corrected chi connectivity index (χ0v) is 17.5. The molecule has 4 fully saturated rings. The van der Waals surface area contributed by atoms with E-state index in [9.17, 15) is 4.79 Å². The number of rotatable bonds is 6. The Morgan fingerprint density at radius 2 is 1.70 bits per heavy atom. The van der Waals surface area contributed by atoms with Gasteiger partial charge < -0.3 is 9.84 Å². The van der Waals surface area contributed by atoms with Crippen LogP contribution in [0.15, 0.2) is 47.5 Å². The Bertz CT molecular complexity index is 941. The van der Waals surface area contributed by atoms with E-state index in [0.29, 0.717) is 12.1 Å². The van der Waals surface area contributed by atoms with Gasteiger partial charge in [0.25, 0.3) is 0 Å². The first-order valence-electron chi connectivity index (χ1n) is 11.1. The second-order valence-electron chi connectivity index (χ2n) is 9.63. The molecule has 0 unspecified atom stereocenters. The summed E-state index contributed by atoms with van der Waals surface area (Å²) in [6.07, 6.45) is 10.2. The Balaban J connectivity index is 1.37. The van der Waals surface area contributed by atoms with E-state index >= 15 is 0 Å². The number of ether oxygens (including phenoxy) is 1. The number of carbonyl (C=O) groups is 1. The molecule has 4 bridgehead atoms. The number of hydrogen-bond donors (Lipinski definition) is 1. The molecule has 2 aromatic carbocycles. The largest absolute Gasteiger partial charge is 0.496 e. The molecule has 0 saturated heterocycles. The van der Waals surface area contributed by atoms with Gasteiger partial charge in [-0.1, -0.05) is 12.1 Å². The first kappa shape index (κ1) is 19.3. The molecule has 30 heavy (non-hydrogen) atoms. The average Bonchev–Trinajstić information content (AvgIpc) is 2.73. The molecule has 6 rings (SSSR count). The highest BCUT2D eigenvalue weighted by Crippen LogP contribution is 2.61. The van der Waals surface area contributed by atoms with Crippen molar-refractivity contribution in [3.63, 3.8) is 0 Å². The molecule has 0 heterocycles. The number of hydrogen-bond acceptors (Lipinski definition) is 3. The van der Waals surface area contributed by atoms with Crippen LogP contribution in [0.1, 0.15) is 65.6 Å². The van der Waals surface area contributed by atoms with E-state index in [1.54, 1.807) is 19.2 Å². The van der Waals surface area contributed by atoms with Crippen LogP contribution in [-0.4, -0.2) is 24.4 Å². The van der Waals surface area contributed by atoms with Crippen LogP contribution in [0.3, 0.4) is 0 Å². The molecule has 4 heteroatoms. The van der Waals surface area contributed by atoms with E-state index in [0.717, 1.165) is 34.6 Å². The first-order valence-corrected chi connectivity index (χ1v) is 11.1. The minimum atomic E-state index is -0.902. The Morgan fingerprint density at radius 1 is 1.07 bits per heavy atom. The average molecular weight is 404 g/mol. The molecule has 0 amide bonds. The summed E-state index contributed by atoms with van der Waals surface area (Å²) in [5, 5.41) is 9.02. The highest BCUT2D eigenvalue weighted by atomic mass is 16.5. The molecule has 4 aliphatic rings. The summed E-state index contributed by atoms with van der Waals surface area (Å²) in [5.41, 5.74) is 4.10. The molecule has 0 aromatic heterocycles. The predicted molar refractivity (Wildman–Crippen MR) is 118 cm³/mol. The maximum Gasteiger partial charge on any atom is 0.335 e. The van der Waals surface area contributed by atoms with Gasteiger partial charge in [0.15, 0.2) is 0 Å². The fraction of sp³-hybridized carbons (Fsp3) is 0.462. The van der Waals surface area contributed by atoms with Crippen LogP contribution in [0.2, 0.25) is 0 Å². The topological polar surface area (TPSA) is 58.9 Å². The summed E-state index contributed by atoms with van der Waals surface area (Å²) in [4.78, 5) is 15.6. The van der Waals surface area contributed by atoms with Crippen LogP contribution < -0.4 is 4.74 Å². The van der Waals surface area contributed by atoms with Gasteiger partial charge in [-0.05, 0) is 103 Å². The highest BCUT2D eigenvalue weighted by Gasteiger charge is 2.52. The van der Waals surface area contributed by atoms with Crippen LogP contribution in [0.5, 0.6) is 5.75 Å². The third-order valence-electron chi connectivity index (χ3n) is 7.55. The minimum absolute atomic E-state index is 0.288. The molecule has 0 atom stereocenters. The van der Waals surface area contributed by atoms with Gasteiger partial charge in [-0.15, -0.1) is 0 Å². The van der Waals surface area contributed by atoms with E-state index in [4.69, 9.17) is 9.84 Å². The van der Waals surface area contributed by atoms with E-state index in [1.165, 1.54) is 44.1 Å². The molecule has 4 aliphatic carbocycles. The number of carboxylic acids is 1. The fourth-order valence-corrected chi connectivity index (χ4v) is 6.67. The normalized spacial score (nSPS) is 29.4. The standard InChI is InChI=1S/C26H29NO3/c1-30-24-7-4-18(16-27-15-17-2-5-22(6-3-17)25(28)29)11-23(24)26-12-19-8-20(13-26)10-21(9-19)14-26/h2-7,11,16,19-21H,8-10,12-15H2,1H3,(H,28,29). The number of benzene rings is 2. The lowest BCUT2D eigenvalue weighted by Gasteiger charge is -2.57. The number of aliphatic imine (C=N–C) groups is 1. The summed E-state index contributed by atoms with van der Waals surface area (Å²) in [6, 6.07) is 13.4. The number of carboxylic acid groups (broad SMARTS) is 1. The molecule has 4 nitrogen and oxygen atoms in total. The third kappa shape index (κ3) is 3.53. The zero-order chi connectivity index (χ0) is 20.7. The lowest BCUT2D eigenvalue weighted by atomic mass is 9.48. The van der Waals surface area contributed by atoms with Gasteiger partial charge in [-0.25, -0.2) is 4.79 Å². The SMILES string of the molecule is COc1ccc(C=NCc2ccc(C(=O)O)cc2)cc1C12CC3CC(CC(C3)C1)C2. The van der Waals surface area contributed by atoms with Gasteiger partial charge in [0.1, 0.15) is 5.75 Å². The van der Waals surface area contributed by atoms with Crippen molar-refractivity contribution in [3.8, 4) is 5.75 Å². The maximum atomic E-state index is 11.0. The number of nitrogens with zero attached hydrogens (tertiary/aromatic N) is 1. The van der Waals surface area contributed by atoms with E-state index in [-0.39, 0.29) is 5.41 Å². The monoisotopic (exact) mass is 403 g/mol. The lowest BCUT2D eigenvalue weighted by molar-refractivity contribution is -0.00616. The Labute approximate surface area is 178 Å². The fourth-order valence-electron chi connectivity index (χ4n) is 6.67. The Kier molecular flexibility index (Phi) is 4.88. The van der Waals surface area contributed by atoms with Gasteiger partial charge in [-0.3, -0.25) is 4.99 Å². The highest BCUT2D eigenvalue weighted by molar-refractivity contribution is 5.87. The number of methoxy groups -OCH3 is 1. The van der Waals surface area contributed by atoms with Gasteiger partial charge in [0.05, 0.1) is 19.2 Å². The third-order valence-corrected chi connectivity index (χ3v) is 7.55. The predicted octanol–water partition coefficient (Wildman–Crippen LogP) is 5.48. The summed E-state index contributed by atoms with van der Waals surface area (Å²) in [5.74, 6) is 2.81. The van der Waals surface area contributed by atoms with Crippen molar-refractivity contribution in [2.45, 2.75) is 50.5 Å². The van der Waals surface area contributed by atoms with Gasteiger partial charge in [0, 0.05) is 11.8 Å². The van der Waals surface area contributed by atoms with Crippen molar-refractivity contribution in [2.24, 2.45) is 22.7 Å². The van der Waals surface area contributed by atoms with Gasteiger partial charge in [0.2, 0.25) is 0 Å². The number of aromatic carboxylic acids is 1. The van der Waals surface area contributed by atoms with Crippen LogP contribution in [0.25, 0.3) is 0 Å². The van der Waals surface area contributed by atoms with Crippen LogP contribution >= 0.6 is 0 Å². The molecular formula is C26H29NO3. The van der Waals surface area contributed by atoms with E-state index < -0.39 is 5.97 Å². The van der Waals surface area contributed by atoms with Crippen molar-refractivity contribution in [3.05, 3.63) is 64.7 Å². The summed E-state index contributed by atoms with van der Waals surface area (Å²) < 4.78 is 5.80. The molecule has 4 saturated carbocycles.